The highest BCUT2D eigenvalue weighted by Crippen LogP contribution is 2.17. The van der Waals surface area contributed by atoms with E-state index in [9.17, 15) is 4.79 Å². The number of hydrogen-bond acceptors (Lipinski definition) is 3. The van der Waals surface area contributed by atoms with Gasteiger partial charge in [0, 0.05) is 5.56 Å². The van der Waals surface area contributed by atoms with Gasteiger partial charge in [0.1, 0.15) is 12.4 Å². The van der Waals surface area contributed by atoms with Gasteiger partial charge in [0.2, 0.25) is 5.91 Å². The molecule has 0 saturated carbocycles. The fourth-order valence-corrected chi connectivity index (χ4v) is 2.45. The number of nitrogens with zero attached hydrogens (tertiary/aromatic N) is 1. The molecular formula is C22H20N2O2. The molecule has 1 N–H and O–H groups in total. The molecule has 0 radical (unpaired) electrons. The lowest BCUT2D eigenvalue weighted by molar-refractivity contribution is -0.120. The van der Waals surface area contributed by atoms with Crippen molar-refractivity contribution in [3.8, 4) is 5.75 Å². The standard InChI is InChI=1S/C22H20N2O2/c25-22(15-18-9-3-1-4-10-18)24-23-16-20-13-7-8-14-21(20)26-17-19-11-5-2-6-12-19/h1-14,16H,15,17H2,(H,24,25)/b23-16-. The lowest BCUT2D eigenvalue weighted by Gasteiger charge is -2.09. The third-order valence-electron chi connectivity index (χ3n) is 3.76. The van der Waals surface area contributed by atoms with Crippen LogP contribution in [0.1, 0.15) is 16.7 Å². The Kier molecular flexibility index (Phi) is 6.15. The second-order valence-electron chi connectivity index (χ2n) is 5.77. The Morgan fingerprint density at radius 1 is 0.846 bits per heavy atom. The van der Waals surface area contributed by atoms with Crippen LogP contribution in [-0.2, 0) is 17.8 Å². The molecule has 0 bridgehead atoms. The van der Waals surface area contributed by atoms with E-state index in [2.05, 4.69) is 10.5 Å². The zero-order valence-electron chi connectivity index (χ0n) is 14.3. The van der Waals surface area contributed by atoms with Gasteiger partial charge in [0.15, 0.2) is 0 Å². The molecule has 4 heteroatoms. The van der Waals surface area contributed by atoms with Crippen molar-refractivity contribution in [1.82, 2.24) is 5.43 Å². The van der Waals surface area contributed by atoms with Crippen LogP contribution in [0, 0.1) is 0 Å². The molecule has 0 spiro atoms. The van der Waals surface area contributed by atoms with Crippen LogP contribution in [0.25, 0.3) is 0 Å². The molecule has 3 aromatic carbocycles. The van der Waals surface area contributed by atoms with Crippen LogP contribution in [0.3, 0.4) is 0 Å². The number of rotatable bonds is 7. The zero-order valence-corrected chi connectivity index (χ0v) is 14.3. The van der Waals surface area contributed by atoms with E-state index < -0.39 is 0 Å². The van der Waals surface area contributed by atoms with Gasteiger partial charge in [-0.1, -0.05) is 72.8 Å². The Balaban J connectivity index is 1.57. The maximum absolute atomic E-state index is 11.9. The van der Waals surface area contributed by atoms with Gasteiger partial charge in [-0.3, -0.25) is 4.79 Å². The first-order chi connectivity index (χ1) is 12.8. The van der Waals surface area contributed by atoms with Crippen LogP contribution < -0.4 is 10.2 Å². The number of hydrazone groups is 1. The van der Waals surface area contributed by atoms with Crippen molar-refractivity contribution in [2.24, 2.45) is 5.10 Å². The number of hydrogen-bond donors (Lipinski definition) is 1. The van der Waals surface area contributed by atoms with Crippen molar-refractivity contribution in [2.45, 2.75) is 13.0 Å². The number of carbonyl (C=O) groups excluding carboxylic acids is 1. The van der Waals surface area contributed by atoms with Gasteiger partial charge in [-0.05, 0) is 23.3 Å². The SMILES string of the molecule is O=C(Cc1ccccc1)N/N=C\c1ccccc1OCc1ccccc1. The Hall–Kier alpha value is -3.40. The highest BCUT2D eigenvalue weighted by molar-refractivity contribution is 5.85. The predicted molar refractivity (Wildman–Crippen MR) is 103 cm³/mol. The third-order valence-corrected chi connectivity index (χ3v) is 3.76. The van der Waals surface area contributed by atoms with E-state index >= 15 is 0 Å². The van der Waals surface area contributed by atoms with Crippen molar-refractivity contribution in [1.29, 1.82) is 0 Å². The van der Waals surface area contributed by atoms with Crippen LogP contribution in [0.15, 0.2) is 90.0 Å². The predicted octanol–water partition coefficient (Wildman–Crippen LogP) is 3.96. The fourth-order valence-electron chi connectivity index (χ4n) is 2.45. The van der Waals surface area contributed by atoms with Gasteiger partial charge in [-0.2, -0.15) is 5.10 Å². The van der Waals surface area contributed by atoms with E-state index in [4.69, 9.17) is 4.74 Å². The molecule has 0 aromatic heterocycles. The molecule has 0 unspecified atom stereocenters. The van der Waals surface area contributed by atoms with Crippen LogP contribution >= 0.6 is 0 Å². The van der Waals surface area contributed by atoms with Crippen molar-refractivity contribution < 1.29 is 9.53 Å². The molecule has 0 aliphatic carbocycles. The van der Waals surface area contributed by atoms with Crippen LogP contribution in [-0.4, -0.2) is 12.1 Å². The fraction of sp³-hybridized carbons (Fsp3) is 0.0909. The molecule has 0 fully saturated rings. The summed E-state index contributed by atoms with van der Waals surface area (Å²) in [5.74, 6) is 0.563. The topological polar surface area (TPSA) is 50.7 Å². The summed E-state index contributed by atoms with van der Waals surface area (Å²) >= 11 is 0. The van der Waals surface area contributed by atoms with E-state index in [-0.39, 0.29) is 5.91 Å². The molecule has 1 amide bonds. The van der Waals surface area contributed by atoms with Gasteiger partial charge < -0.3 is 4.74 Å². The molecular weight excluding hydrogens is 324 g/mol. The molecule has 26 heavy (non-hydrogen) atoms. The van der Waals surface area contributed by atoms with Gasteiger partial charge in [-0.25, -0.2) is 5.43 Å². The lowest BCUT2D eigenvalue weighted by atomic mass is 10.1. The molecule has 0 aliphatic heterocycles. The first-order valence-corrected chi connectivity index (χ1v) is 8.43. The van der Waals surface area contributed by atoms with E-state index in [1.54, 1.807) is 6.21 Å². The largest absolute Gasteiger partial charge is 0.488 e. The summed E-state index contributed by atoms with van der Waals surface area (Å²) in [6, 6.07) is 27.1. The lowest BCUT2D eigenvalue weighted by Crippen LogP contribution is -2.19. The number of carbonyl (C=O) groups is 1. The summed E-state index contributed by atoms with van der Waals surface area (Å²) in [4.78, 5) is 11.9. The van der Waals surface area contributed by atoms with Gasteiger partial charge in [0.25, 0.3) is 0 Å². The van der Waals surface area contributed by atoms with Crippen LogP contribution in [0.4, 0.5) is 0 Å². The normalized spacial score (nSPS) is 10.6. The first kappa shape index (κ1) is 17.4. The molecule has 3 rings (SSSR count). The summed E-state index contributed by atoms with van der Waals surface area (Å²) in [5, 5.41) is 4.05. The smallest absolute Gasteiger partial charge is 0.244 e. The van der Waals surface area contributed by atoms with Crippen molar-refractivity contribution in [2.75, 3.05) is 0 Å². The Bertz CT molecular complexity index is 862. The van der Waals surface area contributed by atoms with E-state index in [1.807, 2.05) is 84.9 Å². The quantitative estimate of drug-likeness (QED) is 0.521. The van der Waals surface area contributed by atoms with Crippen molar-refractivity contribution in [3.63, 3.8) is 0 Å². The number of benzene rings is 3. The summed E-state index contributed by atoms with van der Waals surface area (Å²) in [6.45, 7) is 0.478. The number of para-hydroxylation sites is 1. The summed E-state index contributed by atoms with van der Waals surface area (Å²) in [7, 11) is 0. The minimum atomic E-state index is -0.157. The summed E-state index contributed by atoms with van der Waals surface area (Å²) < 4.78 is 5.87. The second kappa shape index (κ2) is 9.18. The van der Waals surface area contributed by atoms with Crippen LogP contribution in [0.5, 0.6) is 5.75 Å². The molecule has 0 aliphatic rings. The summed E-state index contributed by atoms with van der Waals surface area (Å²) in [6.07, 6.45) is 1.90. The molecule has 130 valence electrons. The highest BCUT2D eigenvalue weighted by atomic mass is 16.5. The summed E-state index contributed by atoms with van der Waals surface area (Å²) in [5.41, 5.74) is 5.41. The minimum Gasteiger partial charge on any atom is -0.488 e. The maximum atomic E-state index is 11.9. The first-order valence-electron chi connectivity index (χ1n) is 8.43. The molecule has 0 heterocycles. The number of nitrogens with one attached hydrogen (secondary N) is 1. The minimum absolute atomic E-state index is 0.157. The second-order valence-corrected chi connectivity index (χ2v) is 5.77. The zero-order chi connectivity index (χ0) is 18.0. The average molecular weight is 344 g/mol. The molecule has 4 nitrogen and oxygen atoms in total. The van der Waals surface area contributed by atoms with Crippen LogP contribution in [0.2, 0.25) is 0 Å². The van der Waals surface area contributed by atoms with Gasteiger partial charge in [0.05, 0.1) is 12.6 Å². The van der Waals surface area contributed by atoms with Crippen molar-refractivity contribution in [3.05, 3.63) is 102 Å². The highest BCUT2D eigenvalue weighted by Gasteiger charge is 2.03. The molecule has 0 atom stereocenters. The number of amides is 1. The van der Waals surface area contributed by atoms with E-state index in [0.29, 0.717) is 13.0 Å². The van der Waals surface area contributed by atoms with E-state index in [0.717, 1.165) is 22.4 Å². The Morgan fingerprint density at radius 2 is 1.46 bits per heavy atom. The Morgan fingerprint density at radius 3 is 2.19 bits per heavy atom. The van der Waals surface area contributed by atoms with E-state index in [1.165, 1.54) is 0 Å². The van der Waals surface area contributed by atoms with Crippen molar-refractivity contribution >= 4 is 12.1 Å². The molecule has 3 aromatic rings. The Labute approximate surface area is 153 Å². The average Bonchev–Trinajstić information content (AvgIpc) is 2.69. The molecule has 0 saturated heterocycles. The monoisotopic (exact) mass is 344 g/mol. The third kappa shape index (κ3) is 5.31. The maximum Gasteiger partial charge on any atom is 0.244 e. The van der Waals surface area contributed by atoms with Gasteiger partial charge in [-0.15, -0.1) is 0 Å². The van der Waals surface area contributed by atoms with Gasteiger partial charge >= 0.3 is 0 Å². The number of ether oxygens (including phenoxy) is 1.